The Bertz CT molecular complexity index is 724. The second-order valence-electron chi connectivity index (χ2n) is 6.46. The van der Waals surface area contributed by atoms with Gasteiger partial charge < -0.3 is 10.3 Å². The molecule has 1 heterocycles. The molecule has 3 rings (SSSR count). The van der Waals surface area contributed by atoms with Gasteiger partial charge in [-0.05, 0) is 42.2 Å². The summed E-state index contributed by atoms with van der Waals surface area (Å²) in [5.74, 6) is 0.796. The molecule has 2 nitrogen and oxygen atoms in total. The maximum Gasteiger partial charge on any atom is 0.0465 e. The minimum atomic E-state index is 0.796. The van der Waals surface area contributed by atoms with E-state index in [1.165, 1.54) is 47.1 Å². The summed E-state index contributed by atoms with van der Waals surface area (Å²) in [5.41, 5.74) is 4.79. The maximum atomic E-state index is 3.56. The smallest absolute Gasteiger partial charge is 0.0465 e. The van der Waals surface area contributed by atoms with E-state index in [1.807, 2.05) is 0 Å². The highest BCUT2D eigenvalue weighted by Crippen LogP contribution is 2.26. The van der Waals surface area contributed by atoms with Crippen LogP contribution in [0.5, 0.6) is 0 Å². The van der Waals surface area contributed by atoms with Gasteiger partial charge in [0.25, 0.3) is 0 Å². The van der Waals surface area contributed by atoms with Crippen LogP contribution in [0.2, 0.25) is 0 Å². The average molecular weight is 306 g/mol. The number of rotatable bonds is 7. The molecule has 0 spiro atoms. The largest absolute Gasteiger partial charge is 0.385 e. The number of para-hydroxylation sites is 1. The molecule has 0 saturated heterocycles. The van der Waals surface area contributed by atoms with E-state index in [4.69, 9.17) is 0 Å². The van der Waals surface area contributed by atoms with Crippen molar-refractivity contribution in [3.8, 4) is 11.3 Å². The molecule has 0 aliphatic carbocycles. The van der Waals surface area contributed by atoms with Crippen LogP contribution in [0, 0.1) is 5.92 Å². The first-order chi connectivity index (χ1) is 11.3. The Labute approximate surface area is 138 Å². The number of benzene rings is 2. The monoisotopic (exact) mass is 306 g/mol. The summed E-state index contributed by atoms with van der Waals surface area (Å²) < 4.78 is 0. The highest BCUT2D eigenvalue weighted by Gasteiger charge is 2.04. The van der Waals surface area contributed by atoms with E-state index in [0.29, 0.717) is 0 Å². The van der Waals surface area contributed by atoms with Gasteiger partial charge in [-0.25, -0.2) is 0 Å². The highest BCUT2D eigenvalue weighted by atomic mass is 14.9. The molecule has 2 aromatic carbocycles. The third kappa shape index (κ3) is 3.95. The number of hydrogen-bond donors (Lipinski definition) is 2. The number of anilines is 1. The summed E-state index contributed by atoms with van der Waals surface area (Å²) in [7, 11) is 0. The number of hydrogen-bond acceptors (Lipinski definition) is 1. The van der Waals surface area contributed by atoms with Crippen LogP contribution < -0.4 is 5.32 Å². The molecule has 0 aliphatic rings. The van der Waals surface area contributed by atoms with Crippen LogP contribution in [0.15, 0.2) is 54.6 Å². The first-order valence-corrected chi connectivity index (χ1v) is 8.68. The van der Waals surface area contributed by atoms with Crippen molar-refractivity contribution in [3.63, 3.8) is 0 Å². The molecule has 0 amide bonds. The molecule has 3 aromatic rings. The summed E-state index contributed by atoms with van der Waals surface area (Å²) in [6.07, 6.45) is 3.82. The average Bonchev–Trinajstić information content (AvgIpc) is 2.99. The van der Waals surface area contributed by atoms with Gasteiger partial charge in [0.05, 0.1) is 0 Å². The van der Waals surface area contributed by atoms with Gasteiger partial charge >= 0.3 is 0 Å². The van der Waals surface area contributed by atoms with Gasteiger partial charge in [0.15, 0.2) is 0 Å². The van der Waals surface area contributed by atoms with Crippen LogP contribution >= 0.6 is 0 Å². The van der Waals surface area contributed by atoms with Crippen LogP contribution in [-0.2, 0) is 0 Å². The Kier molecular flexibility index (Phi) is 5.02. The van der Waals surface area contributed by atoms with Crippen LogP contribution in [0.4, 0.5) is 5.69 Å². The van der Waals surface area contributed by atoms with Gasteiger partial charge in [-0.15, -0.1) is 0 Å². The van der Waals surface area contributed by atoms with Crippen molar-refractivity contribution in [1.82, 2.24) is 4.98 Å². The van der Waals surface area contributed by atoms with Gasteiger partial charge in [-0.2, -0.15) is 0 Å². The van der Waals surface area contributed by atoms with Crippen LogP contribution in [0.1, 0.15) is 33.1 Å². The van der Waals surface area contributed by atoms with Crippen molar-refractivity contribution < 1.29 is 0 Å². The summed E-state index contributed by atoms with van der Waals surface area (Å²) in [6.45, 7) is 5.64. The summed E-state index contributed by atoms with van der Waals surface area (Å²) in [6, 6.07) is 19.3. The van der Waals surface area contributed by atoms with Gasteiger partial charge in [0, 0.05) is 28.8 Å². The van der Waals surface area contributed by atoms with Gasteiger partial charge in [0.2, 0.25) is 0 Å². The third-order valence-electron chi connectivity index (χ3n) is 4.45. The molecule has 0 fully saturated rings. The third-order valence-corrected chi connectivity index (χ3v) is 4.45. The van der Waals surface area contributed by atoms with Crippen molar-refractivity contribution in [1.29, 1.82) is 0 Å². The molecule has 23 heavy (non-hydrogen) atoms. The minimum Gasteiger partial charge on any atom is -0.385 e. The Hall–Kier alpha value is -2.22. The molecule has 120 valence electrons. The Balaban J connectivity index is 1.69. The molecule has 1 atom stereocenters. The van der Waals surface area contributed by atoms with E-state index in [1.54, 1.807) is 0 Å². The number of aromatic amines is 1. The molecule has 1 aromatic heterocycles. The molecular formula is C21H26N2. The number of fused-ring (bicyclic) bond motifs is 1. The van der Waals surface area contributed by atoms with Crippen molar-refractivity contribution >= 4 is 16.6 Å². The molecule has 0 saturated carbocycles. The van der Waals surface area contributed by atoms with E-state index in [0.717, 1.165) is 12.5 Å². The Morgan fingerprint density at radius 1 is 1.00 bits per heavy atom. The van der Waals surface area contributed by atoms with Crippen LogP contribution in [0.25, 0.3) is 22.2 Å². The second-order valence-corrected chi connectivity index (χ2v) is 6.46. The summed E-state index contributed by atoms with van der Waals surface area (Å²) in [4.78, 5) is 3.50. The molecule has 2 N–H and O–H groups in total. The predicted octanol–water partition coefficient (Wildman–Crippen LogP) is 6.07. The SMILES string of the molecule is CCCC(C)CCNc1cccc(-c2cc3ccccc3[nH]2)c1. The van der Waals surface area contributed by atoms with Crippen LogP contribution in [-0.4, -0.2) is 11.5 Å². The fourth-order valence-electron chi connectivity index (χ4n) is 3.13. The standard InChI is InChI=1S/C21H26N2/c1-3-7-16(2)12-13-22-19-10-6-9-17(14-19)21-15-18-8-4-5-11-20(18)23-21/h4-6,8-11,14-16,22-23H,3,7,12-13H2,1-2H3. The lowest BCUT2D eigenvalue weighted by molar-refractivity contribution is 0.499. The van der Waals surface area contributed by atoms with Crippen molar-refractivity contribution in [2.45, 2.75) is 33.1 Å². The quantitative estimate of drug-likeness (QED) is 0.544. The second kappa shape index (κ2) is 7.36. The zero-order valence-electron chi connectivity index (χ0n) is 14.1. The normalized spacial score (nSPS) is 12.4. The zero-order valence-corrected chi connectivity index (χ0v) is 14.1. The summed E-state index contributed by atoms with van der Waals surface area (Å²) >= 11 is 0. The molecule has 2 heteroatoms. The lowest BCUT2D eigenvalue weighted by Gasteiger charge is -2.12. The minimum absolute atomic E-state index is 0.796. The fraction of sp³-hybridized carbons (Fsp3) is 0.333. The number of nitrogens with one attached hydrogen (secondary N) is 2. The van der Waals surface area contributed by atoms with Gasteiger partial charge in [-0.1, -0.05) is 57.0 Å². The molecule has 0 bridgehead atoms. The zero-order chi connectivity index (χ0) is 16.1. The molecule has 0 aliphatic heterocycles. The fourth-order valence-corrected chi connectivity index (χ4v) is 3.13. The Morgan fingerprint density at radius 3 is 2.70 bits per heavy atom. The first-order valence-electron chi connectivity index (χ1n) is 8.68. The van der Waals surface area contributed by atoms with E-state index < -0.39 is 0 Å². The van der Waals surface area contributed by atoms with E-state index in [-0.39, 0.29) is 0 Å². The maximum absolute atomic E-state index is 3.56. The molecule has 1 unspecified atom stereocenters. The lowest BCUT2D eigenvalue weighted by Crippen LogP contribution is -2.06. The van der Waals surface area contributed by atoms with Crippen LogP contribution in [0.3, 0.4) is 0 Å². The lowest BCUT2D eigenvalue weighted by atomic mass is 10.0. The highest BCUT2D eigenvalue weighted by molar-refractivity contribution is 5.86. The van der Waals surface area contributed by atoms with E-state index >= 15 is 0 Å². The van der Waals surface area contributed by atoms with Crippen molar-refractivity contribution in [2.75, 3.05) is 11.9 Å². The topological polar surface area (TPSA) is 27.8 Å². The number of H-pyrrole nitrogens is 1. The van der Waals surface area contributed by atoms with E-state index in [2.05, 4.69) is 78.7 Å². The molecule has 0 radical (unpaired) electrons. The van der Waals surface area contributed by atoms with Crippen molar-refractivity contribution in [3.05, 3.63) is 54.6 Å². The summed E-state index contributed by atoms with van der Waals surface area (Å²) in [5, 5.41) is 4.82. The van der Waals surface area contributed by atoms with E-state index in [9.17, 15) is 0 Å². The predicted molar refractivity (Wildman–Crippen MR) is 101 cm³/mol. The van der Waals surface area contributed by atoms with Crippen molar-refractivity contribution in [2.24, 2.45) is 5.92 Å². The molecular weight excluding hydrogens is 280 g/mol. The first kappa shape index (κ1) is 15.7. The number of aromatic nitrogens is 1. The Morgan fingerprint density at radius 2 is 1.87 bits per heavy atom. The van der Waals surface area contributed by atoms with Gasteiger partial charge in [-0.3, -0.25) is 0 Å². The van der Waals surface area contributed by atoms with Gasteiger partial charge in [0.1, 0.15) is 0 Å².